The van der Waals surface area contributed by atoms with Gasteiger partial charge in [-0.2, -0.15) is 5.10 Å². The molecular formula is C11H17BrN2O2. The maximum Gasteiger partial charge on any atom is 0.164 e. The average Bonchev–Trinajstić information content (AvgIpc) is 2.42. The SMILES string of the molecule is Cc1nn(C)c(CC(=O)COC(C)C)c1Br. The van der Waals surface area contributed by atoms with Crippen LogP contribution in [0.15, 0.2) is 4.47 Å². The van der Waals surface area contributed by atoms with Crippen molar-refractivity contribution in [2.45, 2.75) is 33.3 Å². The Balaban J connectivity index is 2.63. The third kappa shape index (κ3) is 3.42. The van der Waals surface area contributed by atoms with Crippen molar-refractivity contribution in [2.75, 3.05) is 6.61 Å². The summed E-state index contributed by atoms with van der Waals surface area (Å²) in [5.41, 5.74) is 1.80. The van der Waals surface area contributed by atoms with Crippen LogP contribution in [0.25, 0.3) is 0 Å². The Morgan fingerprint density at radius 3 is 2.62 bits per heavy atom. The van der Waals surface area contributed by atoms with Gasteiger partial charge in [0.2, 0.25) is 0 Å². The summed E-state index contributed by atoms with van der Waals surface area (Å²) in [5.74, 6) is 0.0670. The van der Waals surface area contributed by atoms with Gasteiger partial charge in [0, 0.05) is 7.05 Å². The molecule has 1 aromatic rings. The highest BCUT2D eigenvalue weighted by molar-refractivity contribution is 9.10. The Morgan fingerprint density at radius 1 is 1.56 bits per heavy atom. The summed E-state index contributed by atoms with van der Waals surface area (Å²) in [5, 5.41) is 4.24. The second-order valence-corrected chi connectivity index (χ2v) is 4.84. The molecule has 1 aromatic heterocycles. The van der Waals surface area contributed by atoms with Crippen LogP contribution < -0.4 is 0 Å². The fraction of sp³-hybridized carbons (Fsp3) is 0.636. The normalized spacial score (nSPS) is 11.1. The molecule has 16 heavy (non-hydrogen) atoms. The number of nitrogens with zero attached hydrogens (tertiary/aromatic N) is 2. The standard InChI is InChI=1S/C11H17BrN2O2/c1-7(2)16-6-9(15)5-10-11(12)8(3)13-14(10)4/h7H,5-6H2,1-4H3. The van der Waals surface area contributed by atoms with Crippen LogP contribution in [0.1, 0.15) is 25.2 Å². The van der Waals surface area contributed by atoms with Gasteiger partial charge in [-0.3, -0.25) is 9.48 Å². The Hall–Kier alpha value is -0.680. The lowest BCUT2D eigenvalue weighted by atomic mass is 10.2. The van der Waals surface area contributed by atoms with E-state index in [-0.39, 0.29) is 18.5 Å². The summed E-state index contributed by atoms with van der Waals surface area (Å²) in [6.45, 7) is 5.89. The molecule has 0 fully saturated rings. The number of ketones is 1. The van der Waals surface area contributed by atoms with Crippen LogP contribution in [-0.2, 0) is 23.0 Å². The van der Waals surface area contributed by atoms with E-state index in [1.165, 1.54) is 0 Å². The van der Waals surface area contributed by atoms with Crippen LogP contribution in [0.5, 0.6) is 0 Å². The summed E-state index contributed by atoms with van der Waals surface area (Å²) in [4.78, 5) is 11.6. The van der Waals surface area contributed by atoms with Gasteiger partial charge >= 0.3 is 0 Å². The number of aryl methyl sites for hydroxylation is 2. The van der Waals surface area contributed by atoms with Crippen molar-refractivity contribution in [1.29, 1.82) is 0 Å². The maximum absolute atomic E-state index is 11.6. The van der Waals surface area contributed by atoms with Crippen molar-refractivity contribution in [3.63, 3.8) is 0 Å². The van der Waals surface area contributed by atoms with Crippen LogP contribution in [0.4, 0.5) is 0 Å². The minimum Gasteiger partial charge on any atom is -0.371 e. The van der Waals surface area contributed by atoms with Crippen LogP contribution in [0.3, 0.4) is 0 Å². The molecule has 0 saturated carbocycles. The number of Topliss-reactive ketones (excluding diaryl/α,β-unsaturated/α-hetero) is 1. The Labute approximate surface area is 104 Å². The minimum atomic E-state index is 0.0670. The smallest absolute Gasteiger partial charge is 0.164 e. The van der Waals surface area contributed by atoms with Crippen molar-refractivity contribution in [2.24, 2.45) is 7.05 Å². The van der Waals surface area contributed by atoms with E-state index in [1.54, 1.807) is 4.68 Å². The van der Waals surface area contributed by atoms with Gasteiger partial charge in [0.15, 0.2) is 5.78 Å². The second-order valence-electron chi connectivity index (χ2n) is 4.04. The van der Waals surface area contributed by atoms with Gasteiger partial charge in [-0.15, -0.1) is 0 Å². The highest BCUT2D eigenvalue weighted by atomic mass is 79.9. The third-order valence-electron chi connectivity index (χ3n) is 2.20. The number of ether oxygens (including phenoxy) is 1. The Morgan fingerprint density at radius 2 is 2.19 bits per heavy atom. The molecule has 90 valence electrons. The molecule has 0 spiro atoms. The molecule has 0 radical (unpaired) electrons. The van der Waals surface area contributed by atoms with Crippen molar-refractivity contribution in [3.05, 3.63) is 15.9 Å². The lowest BCUT2D eigenvalue weighted by Gasteiger charge is -2.07. The monoisotopic (exact) mass is 288 g/mol. The molecule has 1 rings (SSSR count). The van der Waals surface area contributed by atoms with Gasteiger partial charge in [0.05, 0.1) is 28.4 Å². The lowest BCUT2D eigenvalue weighted by molar-refractivity contribution is -0.124. The number of hydrogen-bond acceptors (Lipinski definition) is 3. The van der Waals surface area contributed by atoms with Gasteiger partial charge in [-0.05, 0) is 36.7 Å². The molecule has 0 bridgehead atoms. The van der Waals surface area contributed by atoms with E-state index < -0.39 is 0 Å². The quantitative estimate of drug-likeness (QED) is 0.833. The van der Waals surface area contributed by atoms with Gasteiger partial charge in [0.1, 0.15) is 6.61 Å². The number of rotatable bonds is 5. The van der Waals surface area contributed by atoms with Crippen molar-refractivity contribution in [1.82, 2.24) is 9.78 Å². The molecule has 1 heterocycles. The van der Waals surface area contributed by atoms with Gasteiger partial charge < -0.3 is 4.74 Å². The molecule has 0 aliphatic carbocycles. The molecule has 0 unspecified atom stereocenters. The molecule has 0 aliphatic heterocycles. The van der Waals surface area contributed by atoms with E-state index in [4.69, 9.17) is 4.74 Å². The van der Waals surface area contributed by atoms with Gasteiger partial charge in [-0.1, -0.05) is 0 Å². The molecule has 0 N–H and O–H groups in total. The minimum absolute atomic E-state index is 0.0670. The fourth-order valence-electron chi connectivity index (χ4n) is 1.37. The van der Waals surface area contributed by atoms with E-state index in [9.17, 15) is 4.79 Å². The van der Waals surface area contributed by atoms with Crippen LogP contribution >= 0.6 is 15.9 Å². The number of carbonyl (C=O) groups excluding carboxylic acids is 1. The molecule has 0 atom stereocenters. The van der Waals surface area contributed by atoms with Crippen LogP contribution in [0, 0.1) is 6.92 Å². The number of halogens is 1. The maximum atomic E-state index is 11.6. The number of carbonyl (C=O) groups is 1. The largest absolute Gasteiger partial charge is 0.371 e. The third-order valence-corrected chi connectivity index (χ3v) is 3.24. The van der Waals surface area contributed by atoms with Crippen LogP contribution in [0.2, 0.25) is 0 Å². The molecule has 0 aromatic carbocycles. The molecule has 4 nitrogen and oxygen atoms in total. The highest BCUT2D eigenvalue weighted by Crippen LogP contribution is 2.20. The first-order chi connectivity index (χ1) is 7.41. The molecular weight excluding hydrogens is 272 g/mol. The average molecular weight is 289 g/mol. The molecule has 5 heteroatoms. The van der Waals surface area contributed by atoms with E-state index in [2.05, 4.69) is 21.0 Å². The molecule has 0 aliphatic rings. The fourth-order valence-corrected chi connectivity index (χ4v) is 1.85. The summed E-state index contributed by atoms with van der Waals surface area (Å²) in [7, 11) is 1.84. The van der Waals surface area contributed by atoms with Gasteiger partial charge in [-0.25, -0.2) is 0 Å². The van der Waals surface area contributed by atoms with Crippen molar-refractivity contribution < 1.29 is 9.53 Å². The van der Waals surface area contributed by atoms with E-state index in [1.807, 2.05) is 27.8 Å². The Kier molecular flexibility index (Phi) is 4.68. The summed E-state index contributed by atoms with van der Waals surface area (Å²) in [6.07, 6.45) is 0.436. The first-order valence-electron chi connectivity index (χ1n) is 5.23. The zero-order chi connectivity index (χ0) is 12.3. The summed E-state index contributed by atoms with van der Waals surface area (Å²) >= 11 is 3.43. The van der Waals surface area contributed by atoms with Crippen LogP contribution in [-0.4, -0.2) is 28.3 Å². The van der Waals surface area contributed by atoms with Crippen molar-refractivity contribution in [3.8, 4) is 0 Å². The predicted molar refractivity (Wildman–Crippen MR) is 65.4 cm³/mol. The molecule has 0 amide bonds. The van der Waals surface area contributed by atoms with Crippen molar-refractivity contribution >= 4 is 21.7 Å². The van der Waals surface area contributed by atoms with E-state index in [0.717, 1.165) is 15.9 Å². The first-order valence-corrected chi connectivity index (χ1v) is 6.02. The number of hydrogen-bond donors (Lipinski definition) is 0. The predicted octanol–water partition coefficient (Wildman–Crippen LogP) is 2.03. The van der Waals surface area contributed by atoms with E-state index >= 15 is 0 Å². The van der Waals surface area contributed by atoms with E-state index in [0.29, 0.717) is 6.42 Å². The topological polar surface area (TPSA) is 44.1 Å². The lowest BCUT2D eigenvalue weighted by Crippen LogP contribution is -2.16. The zero-order valence-electron chi connectivity index (χ0n) is 10.1. The second kappa shape index (κ2) is 5.59. The highest BCUT2D eigenvalue weighted by Gasteiger charge is 2.14. The first kappa shape index (κ1) is 13.4. The van der Waals surface area contributed by atoms with Gasteiger partial charge in [0.25, 0.3) is 0 Å². The molecule has 0 saturated heterocycles. The Bertz CT molecular complexity index is 386. The summed E-state index contributed by atoms with van der Waals surface area (Å²) < 4.78 is 7.91. The number of aromatic nitrogens is 2. The zero-order valence-corrected chi connectivity index (χ0v) is 11.7. The summed E-state index contributed by atoms with van der Waals surface area (Å²) in [6, 6.07) is 0.